The van der Waals surface area contributed by atoms with Crippen LogP contribution in [0.5, 0.6) is 5.75 Å². The number of hydrogen-bond donors (Lipinski definition) is 0. The molecule has 2 bridgehead atoms. The lowest BCUT2D eigenvalue weighted by molar-refractivity contribution is -0.136. The van der Waals surface area contributed by atoms with Crippen LogP contribution in [-0.4, -0.2) is 34.5 Å². The maximum Gasteiger partial charge on any atom is 0.230 e. The maximum absolute atomic E-state index is 13.0. The second kappa shape index (κ2) is 7.71. The van der Waals surface area contributed by atoms with Crippen molar-refractivity contribution in [1.29, 1.82) is 0 Å². The first-order valence-corrected chi connectivity index (χ1v) is 9.92. The predicted octanol–water partition coefficient (Wildman–Crippen LogP) is 3.65. The van der Waals surface area contributed by atoms with Crippen molar-refractivity contribution in [2.24, 2.45) is 17.8 Å². The van der Waals surface area contributed by atoms with Crippen LogP contribution in [0.15, 0.2) is 34.9 Å². The van der Waals surface area contributed by atoms with E-state index >= 15 is 0 Å². The maximum atomic E-state index is 13.0. The molecule has 4 atom stereocenters. The lowest BCUT2D eigenvalue weighted by Crippen LogP contribution is -2.39. The number of benzene rings is 1. The first-order chi connectivity index (χ1) is 13.2. The van der Waals surface area contributed by atoms with Gasteiger partial charge < -0.3 is 14.2 Å². The average molecular weight is 369 g/mol. The molecular formula is C21H27N3O3. The van der Waals surface area contributed by atoms with Gasteiger partial charge in [-0.25, -0.2) is 0 Å². The zero-order valence-electron chi connectivity index (χ0n) is 16.0. The highest BCUT2D eigenvalue weighted by molar-refractivity contribution is 5.80. The van der Waals surface area contributed by atoms with Gasteiger partial charge in [0.05, 0.1) is 11.8 Å². The zero-order valence-corrected chi connectivity index (χ0v) is 16.0. The summed E-state index contributed by atoms with van der Waals surface area (Å²) in [6.45, 7) is 3.15. The van der Waals surface area contributed by atoms with Gasteiger partial charge in [0.2, 0.25) is 17.6 Å². The second-order valence-electron chi connectivity index (χ2n) is 7.80. The van der Waals surface area contributed by atoms with Gasteiger partial charge in [0.25, 0.3) is 0 Å². The Morgan fingerprint density at radius 2 is 2.04 bits per heavy atom. The molecule has 2 aliphatic carbocycles. The van der Waals surface area contributed by atoms with Crippen molar-refractivity contribution in [2.45, 2.75) is 45.1 Å². The third-order valence-electron chi connectivity index (χ3n) is 6.02. The Hall–Kier alpha value is -2.37. The molecule has 27 heavy (non-hydrogen) atoms. The van der Waals surface area contributed by atoms with Crippen LogP contribution >= 0.6 is 0 Å². The van der Waals surface area contributed by atoms with Gasteiger partial charge in [0.1, 0.15) is 5.75 Å². The fourth-order valence-electron chi connectivity index (χ4n) is 4.83. The summed E-state index contributed by atoms with van der Waals surface area (Å²) < 4.78 is 11.3. The molecule has 2 aliphatic rings. The van der Waals surface area contributed by atoms with Crippen molar-refractivity contribution in [3.63, 3.8) is 0 Å². The number of aromatic nitrogens is 2. The SMILES string of the molecule is CCCN(C)C(=O)[C@H]1[C@H]2CC[C@H](C2)[C@@H]1c1nc(COc2ccccc2)no1. The van der Waals surface area contributed by atoms with Gasteiger partial charge in [-0.05, 0) is 49.7 Å². The summed E-state index contributed by atoms with van der Waals surface area (Å²) in [5.74, 6) is 3.09. The van der Waals surface area contributed by atoms with E-state index in [1.807, 2.05) is 42.3 Å². The first-order valence-electron chi connectivity index (χ1n) is 9.92. The molecule has 0 saturated heterocycles. The number of amides is 1. The molecule has 0 aliphatic heterocycles. The number of carbonyl (C=O) groups is 1. The van der Waals surface area contributed by atoms with E-state index in [0.29, 0.717) is 23.6 Å². The zero-order chi connectivity index (χ0) is 18.8. The molecule has 6 heteroatoms. The summed E-state index contributed by atoms with van der Waals surface area (Å²) in [5, 5.41) is 4.10. The van der Waals surface area contributed by atoms with E-state index in [1.165, 1.54) is 0 Å². The van der Waals surface area contributed by atoms with Crippen LogP contribution in [0.25, 0.3) is 0 Å². The van der Waals surface area contributed by atoms with E-state index in [0.717, 1.165) is 38.0 Å². The third-order valence-corrected chi connectivity index (χ3v) is 6.02. The Morgan fingerprint density at radius 1 is 1.26 bits per heavy atom. The molecule has 1 amide bonds. The van der Waals surface area contributed by atoms with E-state index < -0.39 is 0 Å². The van der Waals surface area contributed by atoms with Crippen molar-refractivity contribution in [1.82, 2.24) is 15.0 Å². The van der Waals surface area contributed by atoms with E-state index in [2.05, 4.69) is 17.1 Å². The third kappa shape index (κ3) is 3.57. The molecule has 1 aromatic heterocycles. The Bertz CT molecular complexity index is 776. The van der Waals surface area contributed by atoms with Crippen molar-refractivity contribution in [3.8, 4) is 5.75 Å². The largest absolute Gasteiger partial charge is 0.485 e. The number of nitrogens with zero attached hydrogens (tertiary/aromatic N) is 3. The molecule has 2 aromatic rings. The Balaban J connectivity index is 1.48. The lowest BCUT2D eigenvalue weighted by atomic mass is 9.78. The molecule has 6 nitrogen and oxygen atoms in total. The molecule has 0 radical (unpaired) electrons. The number of rotatable bonds is 7. The molecule has 0 N–H and O–H groups in total. The lowest BCUT2D eigenvalue weighted by Gasteiger charge is -2.31. The topological polar surface area (TPSA) is 68.5 Å². The van der Waals surface area contributed by atoms with Crippen molar-refractivity contribution < 1.29 is 14.1 Å². The normalized spacial score (nSPS) is 26.3. The van der Waals surface area contributed by atoms with E-state index in [9.17, 15) is 4.79 Å². The van der Waals surface area contributed by atoms with Gasteiger partial charge in [-0.1, -0.05) is 30.3 Å². The number of carbonyl (C=O) groups excluding carboxylic acids is 1. The number of ether oxygens (including phenoxy) is 1. The van der Waals surface area contributed by atoms with Crippen LogP contribution in [0.4, 0.5) is 0 Å². The summed E-state index contributed by atoms with van der Waals surface area (Å²) in [6.07, 6.45) is 4.35. The fourth-order valence-corrected chi connectivity index (χ4v) is 4.83. The molecule has 1 heterocycles. The number of hydrogen-bond acceptors (Lipinski definition) is 5. The molecule has 2 fully saturated rings. The smallest absolute Gasteiger partial charge is 0.230 e. The molecule has 0 spiro atoms. The van der Waals surface area contributed by atoms with Gasteiger partial charge in [-0.15, -0.1) is 0 Å². The number of fused-ring (bicyclic) bond motifs is 2. The average Bonchev–Trinajstić information content (AvgIpc) is 3.42. The van der Waals surface area contributed by atoms with Gasteiger partial charge in [0.15, 0.2) is 6.61 Å². The van der Waals surface area contributed by atoms with E-state index in [4.69, 9.17) is 9.26 Å². The van der Waals surface area contributed by atoms with Crippen LogP contribution < -0.4 is 4.74 Å². The number of para-hydroxylation sites is 1. The van der Waals surface area contributed by atoms with Crippen molar-refractivity contribution >= 4 is 5.91 Å². The highest BCUT2D eigenvalue weighted by Gasteiger charge is 2.54. The Labute approximate surface area is 159 Å². The van der Waals surface area contributed by atoms with Crippen LogP contribution in [0.2, 0.25) is 0 Å². The standard InChI is InChI=1S/C21H27N3O3/c1-3-11-24(2)21(25)19-15-10-9-14(12-15)18(19)20-22-17(23-27-20)13-26-16-7-5-4-6-8-16/h4-8,14-15,18-19H,3,9-13H2,1-2H3/t14-,15+,18+,19+/m1/s1. The van der Waals surface area contributed by atoms with Gasteiger partial charge in [0, 0.05) is 13.6 Å². The molecule has 1 aromatic carbocycles. The predicted molar refractivity (Wildman–Crippen MR) is 100 cm³/mol. The summed E-state index contributed by atoms with van der Waals surface area (Å²) in [6, 6.07) is 9.59. The molecule has 2 saturated carbocycles. The first kappa shape index (κ1) is 18.0. The van der Waals surface area contributed by atoms with Crippen LogP contribution in [0.3, 0.4) is 0 Å². The molecular weight excluding hydrogens is 342 g/mol. The fraction of sp³-hybridized carbons (Fsp3) is 0.571. The minimum Gasteiger partial charge on any atom is -0.485 e. The van der Waals surface area contributed by atoms with Crippen LogP contribution in [0.1, 0.15) is 50.2 Å². The summed E-state index contributed by atoms with van der Waals surface area (Å²) in [5.41, 5.74) is 0. The second-order valence-corrected chi connectivity index (χ2v) is 7.80. The molecule has 0 unspecified atom stereocenters. The van der Waals surface area contributed by atoms with Gasteiger partial charge >= 0.3 is 0 Å². The van der Waals surface area contributed by atoms with E-state index in [1.54, 1.807) is 0 Å². The van der Waals surface area contributed by atoms with E-state index in [-0.39, 0.29) is 24.3 Å². The van der Waals surface area contributed by atoms with Crippen LogP contribution in [-0.2, 0) is 11.4 Å². The summed E-state index contributed by atoms with van der Waals surface area (Å²) >= 11 is 0. The van der Waals surface area contributed by atoms with Gasteiger partial charge in [-0.2, -0.15) is 4.98 Å². The monoisotopic (exact) mass is 369 g/mol. The Kier molecular flexibility index (Phi) is 5.14. The minimum absolute atomic E-state index is 0.0244. The summed E-state index contributed by atoms with van der Waals surface area (Å²) in [4.78, 5) is 19.5. The summed E-state index contributed by atoms with van der Waals surface area (Å²) in [7, 11) is 1.90. The van der Waals surface area contributed by atoms with Gasteiger partial charge in [-0.3, -0.25) is 4.79 Å². The quantitative estimate of drug-likeness (QED) is 0.745. The molecule has 144 valence electrons. The van der Waals surface area contributed by atoms with Crippen molar-refractivity contribution in [3.05, 3.63) is 42.0 Å². The highest BCUT2D eigenvalue weighted by Crippen LogP contribution is 2.56. The van der Waals surface area contributed by atoms with Crippen molar-refractivity contribution in [2.75, 3.05) is 13.6 Å². The minimum atomic E-state index is -0.0244. The van der Waals surface area contributed by atoms with Crippen LogP contribution in [0, 0.1) is 17.8 Å². The molecule has 4 rings (SSSR count). The highest BCUT2D eigenvalue weighted by atomic mass is 16.5. The Morgan fingerprint density at radius 3 is 2.81 bits per heavy atom.